The highest BCUT2D eigenvalue weighted by Crippen LogP contribution is 2.23. The van der Waals surface area contributed by atoms with Crippen LogP contribution in [0.15, 0.2) is 24.3 Å². The predicted molar refractivity (Wildman–Crippen MR) is 48.5 cm³/mol. The molecule has 1 aromatic rings. The number of benzene rings is 1. The number of aliphatic hydroxyl groups is 1. The van der Waals surface area contributed by atoms with Crippen LogP contribution in [0.3, 0.4) is 0 Å². The second-order valence-corrected chi connectivity index (χ2v) is 3.35. The van der Waals surface area contributed by atoms with Gasteiger partial charge >= 0.3 is 6.18 Å². The zero-order chi connectivity index (χ0) is 11.5. The Kier molecular flexibility index (Phi) is 3.57. The van der Waals surface area contributed by atoms with Gasteiger partial charge in [0, 0.05) is 0 Å². The first-order valence-electron chi connectivity index (χ1n) is 4.39. The molecule has 1 rings (SSSR count). The molecule has 1 unspecified atom stereocenters. The van der Waals surface area contributed by atoms with Crippen molar-refractivity contribution in [1.29, 1.82) is 0 Å². The fourth-order valence-corrected chi connectivity index (χ4v) is 1.29. The first-order valence-corrected chi connectivity index (χ1v) is 4.39. The first kappa shape index (κ1) is 11.8. The van der Waals surface area contributed by atoms with Crippen LogP contribution in [0.4, 0.5) is 13.2 Å². The quantitative estimate of drug-likeness (QED) is 0.820. The molecule has 0 fully saturated rings. The third-order valence-electron chi connectivity index (χ3n) is 1.85. The van der Waals surface area contributed by atoms with Gasteiger partial charge in [0.25, 0.3) is 0 Å². The van der Waals surface area contributed by atoms with Gasteiger partial charge in [-0.1, -0.05) is 12.1 Å². The van der Waals surface area contributed by atoms with Crippen LogP contribution in [0, 0.1) is 0 Å². The third-order valence-corrected chi connectivity index (χ3v) is 1.85. The maximum absolute atomic E-state index is 11.9. The Labute approximate surface area is 85.0 Å². The van der Waals surface area contributed by atoms with E-state index in [9.17, 15) is 13.2 Å². The maximum Gasteiger partial charge on any atom is 0.391 e. The van der Waals surface area contributed by atoms with Crippen molar-refractivity contribution in [3.05, 3.63) is 29.8 Å². The van der Waals surface area contributed by atoms with Crippen molar-refractivity contribution in [3.63, 3.8) is 0 Å². The Morgan fingerprint density at radius 2 is 1.93 bits per heavy atom. The Bertz CT molecular complexity index is 323. The van der Waals surface area contributed by atoms with E-state index in [1.807, 2.05) is 0 Å². The second kappa shape index (κ2) is 4.53. The molecular weight excluding hydrogens is 209 g/mol. The molecule has 2 N–H and O–H groups in total. The van der Waals surface area contributed by atoms with E-state index in [1.165, 1.54) is 18.2 Å². The highest BCUT2D eigenvalue weighted by atomic mass is 19.4. The summed E-state index contributed by atoms with van der Waals surface area (Å²) in [5.41, 5.74) is 0.478. The molecule has 0 aliphatic heterocycles. The molecule has 0 radical (unpaired) electrons. The van der Waals surface area contributed by atoms with E-state index in [0.29, 0.717) is 5.56 Å². The molecule has 0 aliphatic carbocycles. The van der Waals surface area contributed by atoms with Gasteiger partial charge < -0.3 is 10.2 Å². The Morgan fingerprint density at radius 1 is 1.27 bits per heavy atom. The summed E-state index contributed by atoms with van der Waals surface area (Å²) < 4.78 is 35.6. The highest BCUT2D eigenvalue weighted by molar-refractivity contribution is 5.27. The standard InChI is InChI=1S/C10H11F3O2/c11-10(12,13)6-9(15)5-7-2-1-3-8(14)4-7/h1-4,9,14-15H,5-6H2. The summed E-state index contributed by atoms with van der Waals surface area (Å²) in [4.78, 5) is 0. The Balaban J connectivity index is 2.55. The average Bonchev–Trinajstić information content (AvgIpc) is 1.99. The molecule has 84 valence electrons. The van der Waals surface area contributed by atoms with Gasteiger partial charge in [-0.05, 0) is 24.1 Å². The van der Waals surface area contributed by atoms with E-state index in [0.717, 1.165) is 0 Å². The molecule has 2 nitrogen and oxygen atoms in total. The summed E-state index contributed by atoms with van der Waals surface area (Å²) in [7, 11) is 0. The monoisotopic (exact) mass is 220 g/mol. The molecule has 0 saturated heterocycles. The van der Waals surface area contributed by atoms with E-state index in [-0.39, 0.29) is 12.2 Å². The van der Waals surface area contributed by atoms with Crippen molar-refractivity contribution in [2.24, 2.45) is 0 Å². The van der Waals surface area contributed by atoms with Gasteiger partial charge in [-0.2, -0.15) is 13.2 Å². The average molecular weight is 220 g/mol. The summed E-state index contributed by atoms with van der Waals surface area (Å²) in [5, 5.41) is 18.2. The van der Waals surface area contributed by atoms with Gasteiger partial charge in [0.05, 0.1) is 12.5 Å². The largest absolute Gasteiger partial charge is 0.508 e. The lowest BCUT2D eigenvalue weighted by Crippen LogP contribution is -2.21. The summed E-state index contributed by atoms with van der Waals surface area (Å²) in [6.45, 7) is 0. The zero-order valence-electron chi connectivity index (χ0n) is 7.83. The van der Waals surface area contributed by atoms with Crippen LogP contribution in [-0.2, 0) is 6.42 Å². The van der Waals surface area contributed by atoms with Gasteiger partial charge in [-0.25, -0.2) is 0 Å². The molecule has 15 heavy (non-hydrogen) atoms. The topological polar surface area (TPSA) is 40.5 Å². The number of hydrogen-bond acceptors (Lipinski definition) is 2. The molecule has 0 saturated carbocycles. The summed E-state index contributed by atoms with van der Waals surface area (Å²) >= 11 is 0. The van der Waals surface area contributed by atoms with Crippen LogP contribution in [0.1, 0.15) is 12.0 Å². The van der Waals surface area contributed by atoms with E-state index < -0.39 is 18.7 Å². The molecule has 0 spiro atoms. The van der Waals surface area contributed by atoms with Crippen molar-refractivity contribution in [3.8, 4) is 5.75 Å². The predicted octanol–water partition coefficient (Wildman–Crippen LogP) is 2.25. The van der Waals surface area contributed by atoms with E-state index in [2.05, 4.69) is 0 Å². The lowest BCUT2D eigenvalue weighted by molar-refractivity contribution is -0.153. The van der Waals surface area contributed by atoms with E-state index in [4.69, 9.17) is 10.2 Å². The Morgan fingerprint density at radius 3 is 2.47 bits per heavy atom. The fourth-order valence-electron chi connectivity index (χ4n) is 1.29. The minimum Gasteiger partial charge on any atom is -0.508 e. The van der Waals surface area contributed by atoms with Gasteiger partial charge in [0.2, 0.25) is 0 Å². The lowest BCUT2D eigenvalue weighted by atomic mass is 10.1. The van der Waals surface area contributed by atoms with Crippen LogP contribution in [0.2, 0.25) is 0 Å². The highest BCUT2D eigenvalue weighted by Gasteiger charge is 2.30. The van der Waals surface area contributed by atoms with Crippen LogP contribution in [0.25, 0.3) is 0 Å². The molecule has 0 aromatic heterocycles. The fraction of sp³-hybridized carbons (Fsp3) is 0.400. The third kappa shape index (κ3) is 4.69. The van der Waals surface area contributed by atoms with Crippen molar-refractivity contribution >= 4 is 0 Å². The van der Waals surface area contributed by atoms with Crippen molar-refractivity contribution in [2.45, 2.75) is 25.1 Å². The lowest BCUT2D eigenvalue weighted by Gasteiger charge is -2.12. The number of hydrogen-bond donors (Lipinski definition) is 2. The normalized spacial score (nSPS) is 13.9. The first-order chi connectivity index (χ1) is 6.87. The summed E-state index contributed by atoms with van der Waals surface area (Å²) in [5.74, 6) is -0.0216. The number of halogens is 3. The molecule has 1 aromatic carbocycles. The molecule has 0 heterocycles. The smallest absolute Gasteiger partial charge is 0.391 e. The van der Waals surface area contributed by atoms with Crippen LogP contribution in [0.5, 0.6) is 5.75 Å². The van der Waals surface area contributed by atoms with Gasteiger partial charge in [0.15, 0.2) is 0 Å². The SMILES string of the molecule is Oc1cccc(CC(O)CC(F)(F)F)c1. The minimum absolute atomic E-state index is 0.0216. The number of phenolic OH excluding ortho intramolecular Hbond substituents is 1. The van der Waals surface area contributed by atoms with Gasteiger partial charge in [-0.3, -0.25) is 0 Å². The summed E-state index contributed by atoms with van der Waals surface area (Å²) in [6, 6.07) is 5.82. The van der Waals surface area contributed by atoms with Crippen molar-refractivity contribution in [2.75, 3.05) is 0 Å². The minimum atomic E-state index is -4.36. The zero-order valence-corrected chi connectivity index (χ0v) is 7.83. The van der Waals surface area contributed by atoms with Crippen molar-refractivity contribution in [1.82, 2.24) is 0 Å². The molecule has 5 heteroatoms. The van der Waals surface area contributed by atoms with E-state index >= 15 is 0 Å². The summed E-state index contributed by atoms with van der Waals surface area (Å²) in [6.07, 6.45) is -7.18. The molecule has 0 aliphatic rings. The number of rotatable bonds is 3. The van der Waals surface area contributed by atoms with Crippen LogP contribution in [-0.4, -0.2) is 22.5 Å². The number of alkyl halides is 3. The maximum atomic E-state index is 11.9. The molecular formula is C10H11F3O2. The number of aromatic hydroxyl groups is 1. The van der Waals surface area contributed by atoms with Crippen LogP contribution >= 0.6 is 0 Å². The molecule has 0 bridgehead atoms. The van der Waals surface area contributed by atoms with Crippen LogP contribution < -0.4 is 0 Å². The number of aliphatic hydroxyl groups excluding tert-OH is 1. The van der Waals surface area contributed by atoms with Gasteiger partial charge in [-0.15, -0.1) is 0 Å². The van der Waals surface area contributed by atoms with E-state index in [1.54, 1.807) is 6.07 Å². The van der Waals surface area contributed by atoms with Gasteiger partial charge in [0.1, 0.15) is 5.75 Å². The molecule has 1 atom stereocenters. The number of phenols is 1. The Hall–Kier alpha value is -1.23. The molecule has 0 amide bonds. The van der Waals surface area contributed by atoms with Crippen molar-refractivity contribution < 1.29 is 23.4 Å². The second-order valence-electron chi connectivity index (χ2n) is 3.35.